The van der Waals surface area contributed by atoms with Crippen LogP contribution in [0.25, 0.3) is 11.4 Å². The first kappa shape index (κ1) is 8.54. The van der Waals surface area contributed by atoms with E-state index in [0.29, 0.717) is 5.56 Å². The lowest BCUT2D eigenvalue weighted by Crippen LogP contribution is -1.87. The Balaban J connectivity index is 2.53. The van der Waals surface area contributed by atoms with Crippen molar-refractivity contribution in [1.82, 2.24) is 20.6 Å². The Bertz CT molecular complexity index is 414. The highest BCUT2D eigenvalue weighted by atomic mass is 127. The number of aromatic nitrogens is 4. The number of tetrazole rings is 1. The van der Waals surface area contributed by atoms with Gasteiger partial charge in [-0.1, -0.05) is 0 Å². The van der Waals surface area contributed by atoms with E-state index in [0.717, 1.165) is 3.57 Å². The van der Waals surface area contributed by atoms with Gasteiger partial charge in [0.25, 0.3) is 0 Å². The topological polar surface area (TPSA) is 54.5 Å². The zero-order valence-electron chi connectivity index (χ0n) is 6.33. The highest BCUT2D eigenvalue weighted by molar-refractivity contribution is 14.1. The molecule has 0 aliphatic rings. The number of halogens is 2. The molecule has 66 valence electrons. The van der Waals surface area contributed by atoms with Gasteiger partial charge in [-0.15, -0.1) is 10.2 Å². The molecule has 0 bridgehead atoms. The molecule has 0 spiro atoms. The molecule has 0 saturated carbocycles. The molecule has 13 heavy (non-hydrogen) atoms. The van der Waals surface area contributed by atoms with Crippen molar-refractivity contribution >= 4 is 22.6 Å². The summed E-state index contributed by atoms with van der Waals surface area (Å²) in [5.74, 6) is -0.0674. The summed E-state index contributed by atoms with van der Waals surface area (Å²) in [6.07, 6.45) is 0. The number of benzene rings is 1. The van der Waals surface area contributed by atoms with E-state index in [9.17, 15) is 4.39 Å². The van der Waals surface area contributed by atoms with Crippen LogP contribution >= 0.6 is 22.6 Å². The Kier molecular flexibility index (Phi) is 2.21. The first-order valence-corrected chi connectivity index (χ1v) is 4.54. The monoisotopic (exact) mass is 290 g/mol. The molecule has 0 atom stereocenters. The van der Waals surface area contributed by atoms with Crippen molar-refractivity contribution in [2.24, 2.45) is 0 Å². The average Bonchev–Trinajstić information content (AvgIpc) is 2.56. The SMILES string of the molecule is Fc1cc(I)ccc1-c1nn[nH]n1. The smallest absolute Gasteiger partial charge is 0.206 e. The van der Waals surface area contributed by atoms with Crippen LogP contribution in [0.5, 0.6) is 0 Å². The second kappa shape index (κ2) is 3.36. The Hall–Kier alpha value is -1.05. The quantitative estimate of drug-likeness (QED) is 0.812. The molecule has 6 heteroatoms. The summed E-state index contributed by atoms with van der Waals surface area (Å²) in [6.45, 7) is 0. The third-order valence-electron chi connectivity index (χ3n) is 1.52. The summed E-state index contributed by atoms with van der Waals surface area (Å²) in [4.78, 5) is 0. The van der Waals surface area contributed by atoms with Gasteiger partial charge in [-0.3, -0.25) is 0 Å². The standard InChI is InChI=1S/C7H4FIN4/c8-6-3-4(9)1-2-5(6)7-10-12-13-11-7/h1-3H,(H,10,11,12,13). The normalized spacial score (nSPS) is 10.3. The maximum atomic E-state index is 13.3. The third-order valence-corrected chi connectivity index (χ3v) is 2.19. The first-order chi connectivity index (χ1) is 6.27. The van der Waals surface area contributed by atoms with Crippen LogP contribution < -0.4 is 0 Å². The molecule has 0 aliphatic carbocycles. The van der Waals surface area contributed by atoms with Crippen LogP contribution in [0.4, 0.5) is 4.39 Å². The summed E-state index contributed by atoms with van der Waals surface area (Å²) in [6, 6.07) is 4.84. The molecular formula is C7H4FIN4. The number of hydrogen-bond donors (Lipinski definition) is 1. The van der Waals surface area contributed by atoms with E-state index in [2.05, 4.69) is 20.6 Å². The van der Waals surface area contributed by atoms with Crippen molar-refractivity contribution in [2.45, 2.75) is 0 Å². The minimum atomic E-state index is -0.340. The molecule has 1 heterocycles. The Morgan fingerprint density at radius 3 is 2.85 bits per heavy atom. The van der Waals surface area contributed by atoms with Gasteiger partial charge in [0, 0.05) is 3.57 Å². The van der Waals surface area contributed by atoms with Crippen LogP contribution in [0.3, 0.4) is 0 Å². The molecule has 0 amide bonds. The van der Waals surface area contributed by atoms with Gasteiger partial charge in [0.1, 0.15) is 5.82 Å². The molecule has 0 radical (unpaired) electrons. The van der Waals surface area contributed by atoms with Gasteiger partial charge < -0.3 is 0 Å². The van der Waals surface area contributed by atoms with Gasteiger partial charge in [0.15, 0.2) is 0 Å². The van der Waals surface area contributed by atoms with E-state index >= 15 is 0 Å². The summed E-state index contributed by atoms with van der Waals surface area (Å²) < 4.78 is 14.1. The molecule has 1 aromatic carbocycles. The Morgan fingerprint density at radius 1 is 1.38 bits per heavy atom. The van der Waals surface area contributed by atoms with E-state index in [4.69, 9.17) is 0 Å². The third kappa shape index (κ3) is 1.67. The number of rotatable bonds is 1. The van der Waals surface area contributed by atoms with Gasteiger partial charge in [0.2, 0.25) is 5.82 Å². The summed E-state index contributed by atoms with van der Waals surface area (Å²) in [5, 5.41) is 13.0. The molecule has 0 fully saturated rings. The molecule has 2 rings (SSSR count). The highest BCUT2D eigenvalue weighted by Crippen LogP contribution is 2.19. The summed E-state index contributed by atoms with van der Waals surface area (Å²) >= 11 is 2.04. The fourth-order valence-corrected chi connectivity index (χ4v) is 1.40. The molecule has 0 aliphatic heterocycles. The number of nitrogens with one attached hydrogen (secondary N) is 1. The predicted octanol–water partition coefficient (Wildman–Crippen LogP) is 1.61. The van der Waals surface area contributed by atoms with Crippen LogP contribution in [0.15, 0.2) is 18.2 Å². The van der Waals surface area contributed by atoms with Crippen molar-refractivity contribution in [3.05, 3.63) is 27.6 Å². The molecule has 1 aromatic heterocycles. The highest BCUT2D eigenvalue weighted by Gasteiger charge is 2.08. The molecule has 0 unspecified atom stereocenters. The first-order valence-electron chi connectivity index (χ1n) is 3.46. The predicted molar refractivity (Wildman–Crippen MR) is 52.3 cm³/mol. The van der Waals surface area contributed by atoms with Crippen molar-refractivity contribution in [1.29, 1.82) is 0 Å². The largest absolute Gasteiger partial charge is 0.207 e. The molecule has 4 nitrogen and oxygen atoms in total. The second-order valence-electron chi connectivity index (χ2n) is 2.36. The van der Waals surface area contributed by atoms with Crippen LogP contribution in [0, 0.1) is 9.39 Å². The van der Waals surface area contributed by atoms with Crippen LogP contribution in [0.1, 0.15) is 0 Å². The number of hydrogen-bond acceptors (Lipinski definition) is 3. The van der Waals surface area contributed by atoms with Gasteiger partial charge >= 0.3 is 0 Å². The lowest BCUT2D eigenvalue weighted by Gasteiger charge is -1.96. The summed E-state index contributed by atoms with van der Waals surface area (Å²) in [5.41, 5.74) is 0.356. The fraction of sp³-hybridized carbons (Fsp3) is 0. The molecule has 1 N–H and O–H groups in total. The van der Waals surface area contributed by atoms with Crippen LogP contribution in [-0.2, 0) is 0 Å². The Labute approximate surface area is 86.7 Å². The van der Waals surface area contributed by atoms with E-state index in [1.807, 2.05) is 22.6 Å². The lowest BCUT2D eigenvalue weighted by molar-refractivity contribution is 0.629. The second-order valence-corrected chi connectivity index (χ2v) is 3.61. The van der Waals surface area contributed by atoms with Crippen molar-refractivity contribution in [2.75, 3.05) is 0 Å². The van der Waals surface area contributed by atoms with Gasteiger partial charge in [-0.05, 0) is 46.0 Å². The number of H-pyrrole nitrogens is 1. The van der Waals surface area contributed by atoms with Gasteiger partial charge in [0.05, 0.1) is 5.56 Å². The van der Waals surface area contributed by atoms with Gasteiger partial charge in [-0.2, -0.15) is 5.21 Å². The lowest BCUT2D eigenvalue weighted by atomic mass is 10.2. The Morgan fingerprint density at radius 2 is 2.23 bits per heavy atom. The number of aromatic amines is 1. The van der Waals surface area contributed by atoms with Crippen molar-refractivity contribution in [3.8, 4) is 11.4 Å². The van der Waals surface area contributed by atoms with Crippen LogP contribution in [-0.4, -0.2) is 20.6 Å². The van der Waals surface area contributed by atoms with Gasteiger partial charge in [-0.25, -0.2) is 4.39 Å². The molecule has 2 aromatic rings. The van der Waals surface area contributed by atoms with E-state index in [-0.39, 0.29) is 11.6 Å². The maximum Gasteiger partial charge on any atom is 0.207 e. The minimum absolute atomic E-state index is 0.272. The van der Waals surface area contributed by atoms with E-state index in [1.54, 1.807) is 12.1 Å². The van der Waals surface area contributed by atoms with Crippen molar-refractivity contribution < 1.29 is 4.39 Å². The molecular weight excluding hydrogens is 286 g/mol. The average molecular weight is 290 g/mol. The number of nitrogens with zero attached hydrogens (tertiary/aromatic N) is 3. The fourth-order valence-electron chi connectivity index (χ4n) is 0.947. The van der Waals surface area contributed by atoms with Crippen LogP contribution in [0.2, 0.25) is 0 Å². The zero-order chi connectivity index (χ0) is 9.26. The van der Waals surface area contributed by atoms with E-state index in [1.165, 1.54) is 6.07 Å². The van der Waals surface area contributed by atoms with Crippen molar-refractivity contribution in [3.63, 3.8) is 0 Å². The summed E-state index contributed by atoms with van der Waals surface area (Å²) in [7, 11) is 0. The zero-order valence-corrected chi connectivity index (χ0v) is 8.49. The van der Waals surface area contributed by atoms with E-state index < -0.39 is 0 Å². The molecule has 0 saturated heterocycles. The maximum absolute atomic E-state index is 13.3. The minimum Gasteiger partial charge on any atom is -0.206 e.